The largest absolute Gasteiger partial charge is 0.356 e. The lowest BCUT2D eigenvalue weighted by Gasteiger charge is -2.32. The van der Waals surface area contributed by atoms with Gasteiger partial charge in [0.05, 0.1) is 5.39 Å². The van der Waals surface area contributed by atoms with Crippen LogP contribution in [0.25, 0.3) is 10.2 Å². The molecule has 0 spiro atoms. The van der Waals surface area contributed by atoms with Crippen molar-refractivity contribution in [2.75, 3.05) is 23.4 Å². The van der Waals surface area contributed by atoms with Gasteiger partial charge in [0.25, 0.3) is 0 Å². The number of aromatic nitrogens is 2. The molecule has 1 aliphatic heterocycles. The van der Waals surface area contributed by atoms with Gasteiger partial charge in [0, 0.05) is 13.1 Å². The summed E-state index contributed by atoms with van der Waals surface area (Å²) in [6.07, 6.45) is 3.77. The van der Waals surface area contributed by atoms with Crippen molar-refractivity contribution in [3.8, 4) is 0 Å². The molecule has 0 unspecified atom stereocenters. The topological polar surface area (TPSA) is 67.1 Å². The smallest absolute Gasteiger partial charge is 0.240 e. The summed E-state index contributed by atoms with van der Waals surface area (Å²) < 4.78 is 0. The zero-order chi connectivity index (χ0) is 13.2. The predicted octanol–water partition coefficient (Wildman–Crippen LogP) is 2.60. The molecule has 0 amide bonds. The highest BCUT2D eigenvalue weighted by Gasteiger charge is 2.21. The number of piperidine rings is 1. The molecule has 3 heterocycles. The average Bonchev–Trinajstić information content (AvgIpc) is 2.94. The van der Waals surface area contributed by atoms with Crippen LogP contribution in [0.1, 0.15) is 26.2 Å². The van der Waals surface area contributed by atoms with E-state index in [-0.39, 0.29) is 0 Å². The van der Waals surface area contributed by atoms with Crippen molar-refractivity contribution in [1.82, 2.24) is 9.97 Å². The number of nitrogens with two attached hydrogens (primary N) is 1. The first-order valence-corrected chi connectivity index (χ1v) is 7.66. The van der Waals surface area contributed by atoms with E-state index in [1.165, 1.54) is 19.3 Å². The number of anilines is 2. The first-order valence-electron chi connectivity index (χ1n) is 6.78. The summed E-state index contributed by atoms with van der Waals surface area (Å²) in [7, 11) is 0. The predicted molar refractivity (Wildman–Crippen MR) is 80.5 cm³/mol. The van der Waals surface area contributed by atoms with Gasteiger partial charge in [0.1, 0.15) is 10.6 Å². The molecule has 5 nitrogen and oxygen atoms in total. The number of nitrogens with one attached hydrogen (secondary N) is 1. The van der Waals surface area contributed by atoms with Gasteiger partial charge in [-0.15, -0.1) is 11.3 Å². The molecule has 1 saturated heterocycles. The molecule has 102 valence electrons. The van der Waals surface area contributed by atoms with Gasteiger partial charge in [-0.1, -0.05) is 13.3 Å². The van der Waals surface area contributed by atoms with E-state index in [0.717, 1.165) is 35.0 Å². The molecule has 0 radical (unpaired) electrons. The Labute approximate surface area is 116 Å². The second-order valence-corrected chi connectivity index (χ2v) is 5.89. The van der Waals surface area contributed by atoms with Crippen LogP contribution >= 0.6 is 11.3 Å². The highest BCUT2D eigenvalue weighted by molar-refractivity contribution is 7.16. The van der Waals surface area contributed by atoms with Crippen LogP contribution in [0.3, 0.4) is 0 Å². The minimum absolute atomic E-state index is 0.502. The molecule has 0 bridgehead atoms. The molecule has 3 N–H and O–H groups in total. The van der Waals surface area contributed by atoms with Gasteiger partial charge >= 0.3 is 0 Å². The van der Waals surface area contributed by atoms with Gasteiger partial charge in [-0.3, -0.25) is 5.43 Å². The lowest BCUT2D eigenvalue weighted by atomic mass is 9.94. The van der Waals surface area contributed by atoms with Gasteiger partial charge in [-0.25, -0.2) is 10.8 Å². The Morgan fingerprint density at radius 3 is 2.89 bits per heavy atom. The van der Waals surface area contributed by atoms with E-state index < -0.39 is 0 Å². The number of hydrazine groups is 1. The number of hydrogen-bond donors (Lipinski definition) is 2. The summed E-state index contributed by atoms with van der Waals surface area (Å²) in [5.74, 6) is 7.85. The number of fused-ring (bicyclic) bond motifs is 1. The van der Waals surface area contributed by atoms with Crippen LogP contribution in [0.15, 0.2) is 11.4 Å². The highest BCUT2D eigenvalue weighted by atomic mass is 32.1. The summed E-state index contributed by atoms with van der Waals surface area (Å²) in [5, 5.41) is 3.20. The van der Waals surface area contributed by atoms with E-state index in [9.17, 15) is 0 Å². The van der Waals surface area contributed by atoms with E-state index in [1.807, 2.05) is 0 Å². The van der Waals surface area contributed by atoms with E-state index in [2.05, 4.69) is 38.7 Å². The van der Waals surface area contributed by atoms with Crippen LogP contribution in [-0.2, 0) is 0 Å². The third-order valence-electron chi connectivity index (χ3n) is 3.93. The van der Waals surface area contributed by atoms with Crippen molar-refractivity contribution >= 4 is 33.3 Å². The third kappa shape index (κ3) is 2.37. The molecule has 2 aromatic heterocycles. The minimum Gasteiger partial charge on any atom is -0.356 e. The van der Waals surface area contributed by atoms with Gasteiger partial charge in [0.2, 0.25) is 5.95 Å². The first-order chi connectivity index (χ1) is 9.31. The van der Waals surface area contributed by atoms with E-state index in [0.29, 0.717) is 5.95 Å². The van der Waals surface area contributed by atoms with Crippen molar-refractivity contribution in [1.29, 1.82) is 0 Å². The van der Waals surface area contributed by atoms with Crippen LogP contribution in [0.5, 0.6) is 0 Å². The maximum absolute atomic E-state index is 5.46. The second-order valence-electron chi connectivity index (χ2n) is 4.99. The van der Waals surface area contributed by atoms with Crippen LogP contribution in [0, 0.1) is 5.92 Å². The maximum Gasteiger partial charge on any atom is 0.240 e. The molecule has 19 heavy (non-hydrogen) atoms. The van der Waals surface area contributed by atoms with Crippen LogP contribution < -0.4 is 16.2 Å². The van der Waals surface area contributed by atoms with Crippen molar-refractivity contribution in [2.24, 2.45) is 11.8 Å². The summed E-state index contributed by atoms with van der Waals surface area (Å²) in [4.78, 5) is 12.3. The number of hydrogen-bond acceptors (Lipinski definition) is 6. The minimum atomic E-state index is 0.502. The zero-order valence-corrected chi connectivity index (χ0v) is 11.9. The SMILES string of the molecule is CCC1CCN(c2nc(NN)nc3sccc23)CC1. The van der Waals surface area contributed by atoms with Crippen molar-refractivity contribution in [3.63, 3.8) is 0 Å². The standard InChI is InChI=1S/C13H19N5S/c1-2-9-3-6-18(7-4-9)11-10-5-8-19-12(10)16-13(15-11)17-14/h5,8-9H,2-4,6-7,14H2,1H3,(H,15,16,17). The van der Waals surface area contributed by atoms with E-state index in [1.54, 1.807) is 11.3 Å². The lowest BCUT2D eigenvalue weighted by molar-refractivity contribution is 0.394. The fourth-order valence-electron chi connectivity index (χ4n) is 2.70. The fourth-order valence-corrected chi connectivity index (χ4v) is 3.46. The van der Waals surface area contributed by atoms with Crippen molar-refractivity contribution in [2.45, 2.75) is 26.2 Å². The monoisotopic (exact) mass is 277 g/mol. The molecule has 2 aromatic rings. The molecule has 0 saturated carbocycles. The Morgan fingerprint density at radius 1 is 1.42 bits per heavy atom. The summed E-state index contributed by atoms with van der Waals surface area (Å²) in [5.41, 5.74) is 2.57. The Kier molecular flexibility index (Phi) is 3.52. The maximum atomic E-state index is 5.46. The molecular formula is C13H19N5S. The molecule has 3 rings (SSSR count). The molecule has 0 aliphatic carbocycles. The summed E-state index contributed by atoms with van der Waals surface area (Å²) >= 11 is 1.63. The average molecular weight is 277 g/mol. The van der Waals surface area contributed by atoms with Gasteiger partial charge in [-0.2, -0.15) is 4.98 Å². The Morgan fingerprint density at radius 2 is 2.21 bits per heavy atom. The van der Waals surface area contributed by atoms with Gasteiger partial charge in [0.15, 0.2) is 0 Å². The van der Waals surface area contributed by atoms with Crippen molar-refractivity contribution in [3.05, 3.63) is 11.4 Å². The first kappa shape index (κ1) is 12.6. The van der Waals surface area contributed by atoms with E-state index in [4.69, 9.17) is 5.84 Å². The van der Waals surface area contributed by atoms with E-state index >= 15 is 0 Å². The van der Waals surface area contributed by atoms with Crippen LogP contribution in [-0.4, -0.2) is 23.1 Å². The van der Waals surface area contributed by atoms with Gasteiger partial charge < -0.3 is 4.90 Å². The quantitative estimate of drug-likeness (QED) is 0.667. The number of thiophene rings is 1. The molecular weight excluding hydrogens is 258 g/mol. The molecule has 0 aromatic carbocycles. The van der Waals surface area contributed by atoms with Crippen LogP contribution in [0.2, 0.25) is 0 Å². The Balaban J connectivity index is 1.93. The van der Waals surface area contributed by atoms with Crippen LogP contribution in [0.4, 0.5) is 11.8 Å². The zero-order valence-electron chi connectivity index (χ0n) is 11.1. The fraction of sp³-hybridized carbons (Fsp3) is 0.538. The van der Waals surface area contributed by atoms with Gasteiger partial charge in [-0.05, 0) is 30.2 Å². The normalized spacial score (nSPS) is 17.1. The lowest BCUT2D eigenvalue weighted by Crippen LogP contribution is -2.34. The third-order valence-corrected chi connectivity index (χ3v) is 4.73. The second kappa shape index (κ2) is 5.30. The number of rotatable bonds is 3. The molecule has 1 aliphatic rings. The summed E-state index contributed by atoms with van der Waals surface area (Å²) in [6.45, 7) is 4.42. The molecule has 6 heteroatoms. The number of nitrogen functional groups attached to an aromatic ring is 1. The Hall–Kier alpha value is -1.40. The molecule has 0 atom stereocenters. The number of nitrogens with zero attached hydrogens (tertiary/aromatic N) is 3. The Bertz CT molecular complexity index is 559. The summed E-state index contributed by atoms with van der Waals surface area (Å²) in [6, 6.07) is 2.10. The van der Waals surface area contributed by atoms with Crippen molar-refractivity contribution < 1.29 is 0 Å². The molecule has 1 fully saturated rings. The highest BCUT2D eigenvalue weighted by Crippen LogP contribution is 2.31.